The first kappa shape index (κ1) is 26.2. The van der Waals surface area contributed by atoms with Crippen LogP contribution in [0.3, 0.4) is 0 Å². The average molecular weight is 499 g/mol. The van der Waals surface area contributed by atoms with E-state index in [9.17, 15) is 0 Å². The second-order valence-electron chi connectivity index (χ2n) is 5.73. The summed E-state index contributed by atoms with van der Waals surface area (Å²) < 4.78 is 0.812. The number of hydrogen-bond acceptors (Lipinski definition) is 3. The normalized spacial score (nSPS) is 9.25. The van der Waals surface area contributed by atoms with Crippen LogP contribution in [0.1, 0.15) is 16.8 Å². The van der Waals surface area contributed by atoms with Gasteiger partial charge in [0.15, 0.2) is 0 Å². The monoisotopic (exact) mass is 497 g/mol. The molecule has 28 heavy (non-hydrogen) atoms. The molecule has 4 rings (SSSR count). The number of benzene rings is 2. The van der Waals surface area contributed by atoms with Gasteiger partial charge in [0.05, 0.1) is 11.0 Å². The van der Waals surface area contributed by atoms with Crippen LogP contribution < -0.4 is 6.15 Å². The van der Waals surface area contributed by atoms with Gasteiger partial charge in [-0.2, -0.15) is 48.0 Å². The molecule has 0 spiro atoms. The van der Waals surface area contributed by atoms with Crippen LogP contribution >= 0.6 is 28.3 Å². The summed E-state index contributed by atoms with van der Waals surface area (Å²) in [7, 11) is 0. The molecule has 2 aromatic heterocycles. The van der Waals surface area contributed by atoms with Gasteiger partial charge in [0.2, 0.25) is 0 Å². The Labute approximate surface area is 191 Å². The van der Waals surface area contributed by atoms with E-state index in [2.05, 4.69) is 50.7 Å². The molecule has 3 N–H and O–H groups in total. The maximum atomic E-state index is 4.51. The second-order valence-corrected chi connectivity index (χ2v) is 6.55. The molecule has 0 bridgehead atoms. The van der Waals surface area contributed by atoms with Gasteiger partial charge in [-0.3, -0.25) is 4.98 Å². The van der Waals surface area contributed by atoms with Gasteiger partial charge in [-0.15, -0.1) is 24.2 Å². The predicted octanol–water partition coefficient (Wildman–Crippen LogP) is 6.57. The van der Waals surface area contributed by atoms with E-state index in [1.54, 1.807) is 0 Å². The minimum absolute atomic E-state index is 0. The van der Waals surface area contributed by atoms with Gasteiger partial charge < -0.3 is 6.15 Å². The second kappa shape index (κ2) is 11.9. The van der Waals surface area contributed by atoms with Crippen molar-refractivity contribution >= 4 is 50.1 Å². The third-order valence-electron chi connectivity index (χ3n) is 3.75. The smallest absolute Gasteiger partial charge is 0.344 e. The number of halogens is 2. The van der Waals surface area contributed by atoms with Gasteiger partial charge in [0.1, 0.15) is 4.60 Å². The van der Waals surface area contributed by atoms with Crippen molar-refractivity contribution in [2.45, 2.75) is 13.8 Å². The molecule has 0 saturated carbocycles. The summed E-state index contributed by atoms with van der Waals surface area (Å²) in [6, 6.07) is 21.3. The van der Waals surface area contributed by atoms with Gasteiger partial charge in [0, 0.05) is 5.39 Å². The zero-order valence-corrected chi connectivity index (χ0v) is 19.2. The Morgan fingerprint density at radius 2 is 1.36 bits per heavy atom. The molecule has 0 unspecified atom stereocenters. The number of fused-ring (bicyclic) bond motifs is 3. The first-order chi connectivity index (χ1) is 12.1. The first-order valence-corrected chi connectivity index (χ1v) is 8.71. The van der Waals surface area contributed by atoms with Crippen molar-refractivity contribution < 1.29 is 17.1 Å². The number of hydrogen-bond donors (Lipinski definition) is 1. The first-order valence-electron chi connectivity index (χ1n) is 7.91. The molecule has 0 radical (unpaired) electrons. The topological polar surface area (TPSA) is 60.8 Å². The van der Waals surface area contributed by atoms with Crippen LogP contribution in [0, 0.1) is 26.0 Å². The summed E-state index contributed by atoms with van der Waals surface area (Å²) >= 11 is 3.39. The molecule has 2 aromatic carbocycles. The third kappa shape index (κ3) is 6.40. The fourth-order valence-electron chi connectivity index (χ4n) is 2.57. The quantitative estimate of drug-likeness (QED) is 0.140. The molecule has 146 valence electrons. The largest absolute Gasteiger partial charge is 2.00 e. The molecule has 4 aromatic rings. The van der Waals surface area contributed by atoms with E-state index >= 15 is 0 Å². The van der Waals surface area contributed by atoms with Crippen LogP contribution in [-0.2, 0) is 17.1 Å². The summed E-state index contributed by atoms with van der Waals surface area (Å²) in [6.45, 7) is 7.72. The Bertz CT molecular complexity index is 1050. The van der Waals surface area contributed by atoms with Gasteiger partial charge in [0.25, 0.3) is 0 Å². The molecule has 2 heterocycles. The Balaban J connectivity index is 0.000000574. The minimum Gasteiger partial charge on any atom is -0.344 e. The summed E-state index contributed by atoms with van der Waals surface area (Å²) in [5.74, 6) is 0. The zero-order valence-electron chi connectivity index (χ0n) is 15.6. The Morgan fingerprint density at radius 1 is 0.857 bits per heavy atom. The molecular formula is C22H21BrClFeN3. The molecule has 0 saturated heterocycles. The summed E-state index contributed by atoms with van der Waals surface area (Å²) in [4.78, 5) is 8.99. The van der Waals surface area contributed by atoms with Crippen molar-refractivity contribution in [3.63, 3.8) is 0 Å². The van der Waals surface area contributed by atoms with Crippen LogP contribution in [0.4, 0.5) is 0 Å². The SMILES string of the molecule is C=[C-]c1ccc2ccc3ccc(Br)nc3c2n1.Cc1[c-]c(C)ccc1.Cl.N.[Fe+2]. The molecular weight excluding hydrogens is 477 g/mol. The minimum atomic E-state index is 0. The molecule has 0 aliphatic rings. The van der Waals surface area contributed by atoms with Crippen molar-refractivity contribution in [3.8, 4) is 0 Å². The summed E-state index contributed by atoms with van der Waals surface area (Å²) in [5, 5.41) is 2.15. The predicted molar refractivity (Wildman–Crippen MR) is 120 cm³/mol. The van der Waals surface area contributed by atoms with Crippen LogP contribution in [0.2, 0.25) is 0 Å². The maximum Gasteiger partial charge on any atom is 2.00 e. The number of pyridine rings is 2. The standard InChI is InChI=1S/C14H8BrN2.C8H9.ClH.Fe.H3N/c1-2-11-7-5-9-3-4-10-6-8-12(15)17-14(10)13(9)16-11;1-7-4-3-5-8(2)6-7;;;/h3-8H,1H2;3-5H,1-2H3;1H;;1H3/q2*-1;;+2;. The van der Waals surface area contributed by atoms with E-state index in [-0.39, 0.29) is 35.6 Å². The van der Waals surface area contributed by atoms with Crippen molar-refractivity contribution in [2.75, 3.05) is 0 Å². The molecule has 0 amide bonds. The number of aromatic nitrogens is 2. The van der Waals surface area contributed by atoms with Gasteiger partial charge in [-0.05, 0) is 27.4 Å². The molecule has 3 nitrogen and oxygen atoms in total. The summed E-state index contributed by atoms with van der Waals surface area (Å²) in [5.41, 5.74) is 4.95. The fraction of sp³-hybridized carbons (Fsp3) is 0.0909. The van der Waals surface area contributed by atoms with E-state index < -0.39 is 0 Å². The van der Waals surface area contributed by atoms with Crippen molar-refractivity contribution in [1.29, 1.82) is 0 Å². The van der Waals surface area contributed by atoms with Crippen LogP contribution in [0.5, 0.6) is 0 Å². The van der Waals surface area contributed by atoms with Crippen LogP contribution in [-0.4, -0.2) is 9.97 Å². The van der Waals surface area contributed by atoms with E-state index in [1.807, 2.05) is 62.4 Å². The van der Waals surface area contributed by atoms with E-state index in [0.29, 0.717) is 0 Å². The number of rotatable bonds is 1. The molecule has 0 fully saturated rings. The molecule has 6 heteroatoms. The fourth-order valence-corrected chi connectivity index (χ4v) is 2.88. The van der Waals surface area contributed by atoms with Gasteiger partial charge >= 0.3 is 17.1 Å². The van der Waals surface area contributed by atoms with Crippen molar-refractivity contribution in [3.05, 3.63) is 94.7 Å². The van der Waals surface area contributed by atoms with Crippen molar-refractivity contribution in [1.82, 2.24) is 16.1 Å². The third-order valence-corrected chi connectivity index (χ3v) is 4.20. The van der Waals surface area contributed by atoms with E-state index in [4.69, 9.17) is 0 Å². The molecule has 0 aliphatic carbocycles. The van der Waals surface area contributed by atoms with Gasteiger partial charge in [-0.25, -0.2) is 11.1 Å². The van der Waals surface area contributed by atoms with E-state index in [0.717, 1.165) is 32.1 Å². The summed E-state index contributed by atoms with van der Waals surface area (Å²) in [6.07, 6.45) is 2.80. The Kier molecular flexibility index (Phi) is 11.2. The Morgan fingerprint density at radius 3 is 1.86 bits per heavy atom. The number of nitrogens with zero attached hydrogens (tertiary/aromatic N) is 2. The van der Waals surface area contributed by atoms with Crippen LogP contribution in [0.25, 0.3) is 21.8 Å². The molecule has 0 aliphatic heterocycles. The van der Waals surface area contributed by atoms with E-state index in [1.165, 1.54) is 11.1 Å². The molecule has 0 atom stereocenters. The zero-order chi connectivity index (χ0) is 17.8. The Hall–Kier alpha value is -1.75. The average Bonchev–Trinajstić information content (AvgIpc) is 2.61. The maximum absolute atomic E-state index is 4.51. The van der Waals surface area contributed by atoms with Gasteiger partial charge in [-0.1, -0.05) is 32.0 Å². The number of aryl methyl sites for hydroxylation is 2. The van der Waals surface area contributed by atoms with Crippen LogP contribution in [0.15, 0.2) is 65.8 Å². The van der Waals surface area contributed by atoms with Crippen molar-refractivity contribution in [2.24, 2.45) is 0 Å².